The number of ketones is 1. The molecule has 0 aromatic carbocycles. The number of anilines is 3. The van der Waals surface area contributed by atoms with Crippen molar-refractivity contribution in [2.45, 2.75) is 34.1 Å². The van der Waals surface area contributed by atoms with Gasteiger partial charge in [-0.25, -0.2) is 19.9 Å². The zero-order valence-electron chi connectivity index (χ0n) is 20.5. The van der Waals surface area contributed by atoms with E-state index in [4.69, 9.17) is 4.74 Å². The predicted octanol–water partition coefficient (Wildman–Crippen LogP) is 4.27. The van der Waals surface area contributed by atoms with Crippen molar-refractivity contribution in [1.82, 2.24) is 19.9 Å². The smallest absolute Gasteiger partial charge is 0.222 e. The van der Waals surface area contributed by atoms with Crippen LogP contribution in [0.25, 0.3) is 11.4 Å². The molecule has 3 aromatic rings. The molecule has 35 heavy (non-hydrogen) atoms. The zero-order valence-corrected chi connectivity index (χ0v) is 21.3. The van der Waals surface area contributed by atoms with Crippen molar-refractivity contribution in [2.24, 2.45) is 0 Å². The predicted molar refractivity (Wildman–Crippen MR) is 137 cm³/mol. The highest BCUT2D eigenvalue weighted by Crippen LogP contribution is 2.43. The maximum absolute atomic E-state index is 13.0. The quantitative estimate of drug-likeness (QED) is 0.311. The van der Waals surface area contributed by atoms with Gasteiger partial charge in [0.1, 0.15) is 13.0 Å². The Morgan fingerprint density at radius 2 is 1.71 bits per heavy atom. The van der Waals surface area contributed by atoms with Crippen LogP contribution in [0.15, 0.2) is 36.9 Å². The second kappa shape index (κ2) is 11.2. The minimum atomic E-state index is -2.50. The Hall–Kier alpha value is -3.65. The molecule has 0 unspecified atom stereocenters. The van der Waals surface area contributed by atoms with Gasteiger partial charge in [0.25, 0.3) is 0 Å². The molecule has 3 heterocycles. The summed E-state index contributed by atoms with van der Waals surface area (Å²) in [6.45, 7) is 6.93. The Morgan fingerprint density at radius 1 is 1.03 bits per heavy atom. The average Bonchev–Trinajstić information content (AvgIpc) is 2.87. The van der Waals surface area contributed by atoms with Gasteiger partial charge in [0.15, 0.2) is 23.2 Å². The lowest BCUT2D eigenvalue weighted by Gasteiger charge is -2.17. The second-order valence-electron chi connectivity index (χ2n) is 7.73. The van der Waals surface area contributed by atoms with E-state index in [-0.39, 0.29) is 23.9 Å². The summed E-state index contributed by atoms with van der Waals surface area (Å²) in [5, 5.41) is 6.39. The fourth-order valence-corrected chi connectivity index (χ4v) is 5.24. The second-order valence-corrected chi connectivity index (χ2v) is 11.3. The van der Waals surface area contributed by atoms with Crippen molar-refractivity contribution in [3.8, 4) is 17.1 Å². The molecule has 0 spiro atoms. The van der Waals surface area contributed by atoms with E-state index in [1.165, 1.54) is 20.2 Å². The van der Waals surface area contributed by atoms with Gasteiger partial charge in [-0.2, -0.15) is 0 Å². The monoisotopic (exact) mass is 496 g/mol. The van der Waals surface area contributed by atoms with Crippen LogP contribution in [0.2, 0.25) is 0 Å². The van der Waals surface area contributed by atoms with Gasteiger partial charge >= 0.3 is 0 Å². The molecule has 0 fully saturated rings. The molecule has 0 radical (unpaired) electrons. The van der Waals surface area contributed by atoms with Crippen LogP contribution < -0.4 is 20.7 Å². The molecule has 2 N–H and O–H groups in total. The lowest BCUT2D eigenvalue weighted by atomic mass is 10.1. The number of ether oxygens (including phenoxy) is 1. The summed E-state index contributed by atoms with van der Waals surface area (Å²) in [6.07, 6.45) is 7.55. The molecule has 0 saturated carbocycles. The van der Waals surface area contributed by atoms with Crippen molar-refractivity contribution in [1.29, 1.82) is 0 Å². The Balaban J connectivity index is 2.04. The maximum atomic E-state index is 13.0. The molecule has 0 aliphatic rings. The number of carbonyl (C=O) groups excluding carboxylic acids is 2. The van der Waals surface area contributed by atoms with Crippen LogP contribution >= 0.6 is 7.14 Å². The first-order valence-corrected chi connectivity index (χ1v) is 13.4. The van der Waals surface area contributed by atoms with Crippen LogP contribution in [0, 0.1) is 0 Å². The van der Waals surface area contributed by atoms with Crippen molar-refractivity contribution < 1.29 is 18.9 Å². The van der Waals surface area contributed by atoms with Crippen molar-refractivity contribution >= 4 is 41.5 Å². The standard InChI is InChI=1S/C24H29N6O4P/c1-6-20(32)18-14-26-21(29-15(4)31)11-19(18)30-24-22(34-5)17(9-10-25-24)23-27-12-16(13-28-23)35(33,7-2)8-3/h9-14H,6-8H2,1-5H3,(H2,25,26,29,30,31). The van der Waals surface area contributed by atoms with E-state index in [2.05, 4.69) is 30.6 Å². The fourth-order valence-electron chi connectivity index (χ4n) is 3.53. The highest BCUT2D eigenvalue weighted by molar-refractivity contribution is 7.71. The number of hydrogen-bond acceptors (Lipinski definition) is 9. The Labute approximate surface area is 204 Å². The van der Waals surface area contributed by atoms with Crippen LogP contribution in [-0.2, 0) is 9.36 Å². The largest absolute Gasteiger partial charge is 0.492 e. The minimum Gasteiger partial charge on any atom is -0.492 e. The number of nitrogens with zero attached hydrogens (tertiary/aromatic N) is 4. The Kier molecular flexibility index (Phi) is 8.30. The summed E-state index contributed by atoms with van der Waals surface area (Å²) in [5.74, 6) is 0.954. The summed E-state index contributed by atoms with van der Waals surface area (Å²) in [6, 6.07) is 3.28. The first-order valence-electron chi connectivity index (χ1n) is 11.3. The van der Waals surface area contributed by atoms with Crippen molar-refractivity contribution in [3.05, 3.63) is 42.5 Å². The topological polar surface area (TPSA) is 136 Å². The summed E-state index contributed by atoms with van der Waals surface area (Å²) < 4.78 is 18.6. The molecule has 0 aliphatic heterocycles. The van der Waals surface area contributed by atoms with Gasteiger partial charge in [0.05, 0.1) is 23.9 Å². The van der Waals surface area contributed by atoms with Crippen LogP contribution in [0.5, 0.6) is 5.75 Å². The number of pyridine rings is 2. The molecule has 1 amide bonds. The number of rotatable bonds is 10. The molecule has 0 atom stereocenters. The number of aromatic nitrogens is 4. The van der Waals surface area contributed by atoms with Crippen LogP contribution in [0.3, 0.4) is 0 Å². The van der Waals surface area contributed by atoms with E-state index in [0.29, 0.717) is 51.8 Å². The van der Waals surface area contributed by atoms with Gasteiger partial charge in [0.2, 0.25) is 5.91 Å². The molecule has 11 heteroatoms. The number of amides is 1. The van der Waals surface area contributed by atoms with Crippen molar-refractivity contribution in [2.75, 3.05) is 30.1 Å². The molecule has 0 aliphatic carbocycles. The molecule has 0 bridgehead atoms. The van der Waals surface area contributed by atoms with Crippen LogP contribution in [-0.4, -0.2) is 51.1 Å². The molecular weight excluding hydrogens is 467 g/mol. The van der Waals surface area contributed by atoms with Crippen LogP contribution in [0.4, 0.5) is 17.3 Å². The molecule has 3 rings (SSSR count). The Bertz CT molecular complexity index is 1270. The van der Waals surface area contributed by atoms with E-state index in [1.807, 2.05) is 13.8 Å². The van der Waals surface area contributed by atoms with Gasteiger partial charge < -0.3 is 19.9 Å². The fraction of sp³-hybridized carbons (Fsp3) is 0.333. The lowest BCUT2D eigenvalue weighted by molar-refractivity contribution is -0.114. The summed E-state index contributed by atoms with van der Waals surface area (Å²) in [7, 11) is -1.01. The normalized spacial score (nSPS) is 11.1. The van der Waals surface area contributed by atoms with Crippen molar-refractivity contribution in [3.63, 3.8) is 0 Å². The number of Topliss-reactive ketones (excluding diaryl/α,β-unsaturated/α-hetero) is 1. The lowest BCUT2D eigenvalue weighted by Crippen LogP contribution is -2.12. The summed E-state index contributed by atoms with van der Waals surface area (Å²) >= 11 is 0. The first-order chi connectivity index (χ1) is 16.8. The van der Waals surface area contributed by atoms with Gasteiger partial charge in [-0.3, -0.25) is 9.59 Å². The van der Waals surface area contributed by atoms with Gasteiger partial charge in [-0.05, 0) is 6.07 Å². The third kappa shape index (κ3) is 5.71. The molecule has 0 saturated heterocycles. The molecular formula is C24H29N6O4P. The van der Waals surface area contributed by atoms with Gasteiger partial charge in [-0.1, -0.05) is 20.8 Å². The number of methoxy groups -OCH3 is 1. The third-order valence-corrected chi connectivity index (χ3v) is 8.78. The van der Waals surface area contributed by atoms with E-state index in [0.717, 1.165) is 0 Å². The third-order valence-electron chi connectivity index (χ3n) is 5.56. The minimum absolute atomic E-state index is 0.125. The molecule has 184 valence electrons. The maximum Gasteiger partial charge on any atom is 0.222 e. The zero-order chi connectivity index (χ0) is 25.6. The van der Waals surface area contributed by atoms with E-state index < -0.39 is 7.14 Å². The number of carbonyl (C=O) groups is 2. The summed E-state index contributed by atoms with van der Waals surface area (Å²) in [4.78, 5) is 41.4. The van der Waals surface area contributed by atoms with Crippen LogP contribution in [0.1, 0.15) is 44.5 Å². The van der Waals surface area contributed by atoms with E-state index in [1.54, 1.807) is 37.6 Å². The van der Waals surface area contributed by atoms with Gasteiger partial charge in [0, 0.05) is 61.8 Å². The molecule has 10 nitrogen and oxygen atoms in total. The number of nitrogens with one attached hydrogen (secondary N) is 2. The number of hydrogen-bond donors (Lipinski definition) is 2. The van der Waals surface area contributed by atoms with E-state index in [9.17, 15) is 14.2 Å². The average molecular weight is 497 g/mol. The van der Waals surface area contributed by atoms with Gasteiger partial charge in [-0.15, -0.1) is 0 Å². The summed E-state index contributed by atoms with van der Waals surface area (Å²) in [5.41, 5.74) is 1.34. The Morgan fingerprint density at radius 3 is 2.29 bits per heavy atom. The first kappa shape index (κ1) is 26.0. The molecule has 3 aromatic heterocycles. The van der Waals surface area contributed by atoms with E-state index >= 15 is 0 Å². The highest BCUT2D eigenvalue weighted by Gasteiger charge is 2.22. The highest BCUT2D eigenvalue weighted by atomic mass is 31.2. The SMILES string of the molecule is CCC(=O)c1cnc(NC(C)=O)cc1Nc1nccc(-c2ncc(P(=O)(CC)CC)cn2)c1OC.